The number of allylic oxidation sites excluding steroid dienone is 1. The van der Waals surface area contributed by atoms with Crippen LogP contribution in [0, 0.1) is 56.7 Å². The molecule has 1 aliphatic heterocycles. The van der Waals surface area contributed by atoms with E-state index in [0.717, 1.165) is 51.4 Å². The van der Waals surface area contributed by atoms with Crippen LogP contribution in [0.2, 0.25) is 0 Å². The van der Waals surface area contributed by atoms with Crippen LogP contribution in [-0.2, 0) is 28.6 Å². The van der Waals surface area contributed by atoms with E-state index >= 15 is 0 Å². The monoisotopic (exact) mass is 770 g/mol. The van der Waals surface area contributed by atoms with Crippen LogP contribution in [0.15, 0.2) is 11.6 Å². The quantitative estimate of drug-likeness (QED) is 0.0916. The fourth-order valence-corrected chi connectivity index (χ4v) is 13.4. The number of carboxylic acids is 1. The summed E-state index contributed by atoms with van der Waals surface area (Å²) in [6.07, 6.45) is 11.9. The molecule has 310 valence electrons. The predicted octanol–water partition coefficient (Wildman–Crippen LogP) is 7.16. The van der Waals surface area contributed by atoms with Gasteiger partial charge in [0.2, 0.25) is 0 Å². The van der Waals surface area contributed by atoms with E-state index in [-0.39, 0.29) is 40.7 Å². The Bertz CT molecular complexity index is 1510. The summed E-state index contributed by atoms with van der Waals surface area (Å²) >= 11 is 0. The van der Waals surface area contributed by atoms with Crippen molar-refractivity contribution < 1.29 is 38.5 Å². The first-order valence-corrected chi connectivity index (χ1v) is 21.5. The highest BCUT2D eigenvalue weighted by Crippen LogP contribution is 2.75. The minimum absolute atomic E-state index is 0.122. The molecule has 12 atom stereocenters. The second kappa shape index (κ2) is 15.6. The predicted molar refractivity (Wildman–Crippen MR) is 210 cm³/mol. The van der Waals surface area contributed by atoms with Gasteiger partial charge in [0.15, 0.2) is 0 Å². The maximum Gasteiger partial charge on any atom is 0.323 e. The molecule has 0 spiro atoms. The molecule has 0 aromatic heterocycles. The van der Waals surface area contributed by atoms with E-state index in [1.54, 1.807) is 0 Å². The van der Waals surface area contributed by atoms with Crippen LogP contribution < -0.4 is 16.4 Å². The lowest BCUT2D eigenvalue weighted by Gasteiger charge is -2.71. The average Bonchev–Trinajstić information content (AvgIpc) is 3.62. The summed E-state index contributed by atoms with van der Waals surface area (Å²) in [4.78, 5) is 52.1. The van der Waals surface area contributed by atoms with E-state index in [1.165, 1.54) is 12.5 Å². The van der Waals surface area contributed by atoms with Crippen LogP contribution in [0.4, 0.5) is 4.79 Å². The third-order valence-electron chi connectivity index (χ3n) is 16.9. The zero-order valence-electron chi connectivity index (χ0n) is 35.0. The van der Waals surface area contributed by atoms with Crippen LogP contribution in [0.3, 0.4) is 0 Å². The Morgan fingerprint density at radius 1 is 0.964 bits per heavy atom. The number of hydrogen-bond acceptors (Lipinski definition) is 8. The van der Waals surface area contributed by atoms with Crippen molar-refractivity contribution in [1.82, 2.24) is 10.6 Å². The van der Waals surface area contributed by atoms with E-state index in [9.17, 15) is 24.3 Å². The van der Waals surface area contributed by atoms with E-state index < -0.39 is 58.3 Å². The lowest BCUT2D eigenvalue weighted by atomic mass is 9.34. The summed E-state index contributed by atoms with van der Waals surface area (Å²) in [5.41, 5.74) is 5.71. The van der Waals surface area contributed by atoms with Crippen LogP contribution in [0.5, 0.6) is 0 Å². The molecule has 11 nitrogen and oxygen atoms in total. The van der Waals surface area contributed by atoms with Gasteiger partial charge in [0.05, 0.1) is 19.1 Å². The van der Waals surface area contributed by atoms with Gasteiger partial charge in [-0.3, -0.25) is 14.4 Å². The van der Waals surface area contributed by atoms with Gasteiger partial charge >= 0.3 is 23.9 Å². The standard InChI is InChI=1S/C44H71N3O8/c1-26(2)27(3)40(5)20-21-42(7)30-16-17-34-41(6)24-53-25-44(34,31(30)18-19-43(42,8)35(40)37(49)50)23-33(54-28(4)48)36(41)55-38(51)32(45)15-11-12-22-46-39(52)47-29-13-9-10-14-29/h18,26-27,29-30,32-36H,9-17,19-25,45H2,1-8H3,(H,49,50)(H2,46,47,52)/t27-,30+,32?,33-,34+,35-,36+,40-,41-,42-,43+,44-/m1/s1. The molecule has 2 amide bonds. The fourth-order valence-electron chi connectivity index (χ4n) is 13.4. The van der Waals surface area contributed by atoms with E-state index in [0.29, 0.717) is 57.8 Å². The van der Waals surface area contributed by atoms with Gasteiger partial charge in [0.1, 0.15) is 18.2 Å². The fraction of sp³-hybridized carbons (Fsp3) is 0.864. The minimum Gasteiger partial charge on any atom is -0.481 e. The maximum atomic E-state index is 13.7. The largest absolute Gasteiger partial charge is 0.481 e. The van der Waals surface area contributed by atoms with Crippen molar-refractivity contribution >= 4 is 23.9 Å². The number of carbonyl (C=O) groups excluding carboxylic acids is 3. The Hall–Kier alpha value is -2.66. The van der Waals surface area contributed by atoms with Gasteiger partial charge in [-0.15, -0.1) is 0 Å². The van der Waals surface area contributed by atoms with Crippen molar-refractivity contribution in [2.75, 3.05) is 19.8 Å². The highest BCUT2D eigenvalue weighted by atomic mass is 16.6. The summed E-state index contributed by atoms with van der Waals surface area (Å²) in [5, 5.41) is 17.0. The number of rotatable bonds is 12. The summed E-state index contributed by atoms with van der Waals surface area (Å²) in [5.74, 6) is -1.17. The number of fused-ring (bicyclic) bond motifs is 3. The third kappa shape index (κ3) is 7.14. The molecular weight excluding hydrogens is 698 g/mol. The molecule has 1 unspecified atom stereocenters. The molecule has 5 fully saturated rings. The molecule has 4 saturated carbocycles. The molecule has 5 aliphatic carbocycles. The molecule has 2 bridgehead atoms. The first kappa shape index (κ1) is 42.0. The van der Waals surface area contributed by atoms with Crippen molar-refractivity contribution in [1.29, 1.82) is 0 Å². The molecule has 11 heteroatoms. The number of carboxylic acid groups (broad SMARTS) is 1. The van der Waals surface area contributed by atoms with Crippen LogP contribution in [0.1, 0.15) is 139 Å². The van der Waals surface area contributed by atoms with Crippen LogP contribution in [-0.4, -0.2) is 73.1 Å². The van der Waals surface area contributed by atoms with Gasteiger partial charge in [-0.2, -0.15) is 0 Å². The lowest BCUT2D eigenvalue weighted by Crippen LogP contribution is -2.70. The van der Waals surface area contributed by atoms with Gasteiger partial charge < -0.3 is 35.7 Å². The Balaban J connectivity index is 1.20. The number of unbranched alkanes of at least 4 members (excludes halogenated alkanes) is 1. The molecule has 1 saturated heterocycles. The maximum absolute atomic E-state index is 13.7. The highest BCUT2D eigenvalue weighted by molar-refractivity contribution is 5.76. The average molecular weight is 770 g/mol. The summed E-state index contributed by atoms with van der Waals surface area (Å²) in [6.45, 7) is 18.4. The molecular formula is C44H71N3O8. The smallest absolute Gasteiger partial charge is 0.323 e. The van der Waals surface area contributed by atoms with Crippen molar-refractivity contribution in [3.05, 3.63) is 11.6 Å². The number of nitrogens with one attached hydrogen (secondary N) is 2. The van der Waals surface area contributed by atoms with Gasteiger partial charge in [0, 0.05) is 30.3 Å². The summed E-state index contributed by atoms with van der Waals surface area (Å²) in [6, 6.07) is -0.739. The van der Waals surface area contributed by atoms with Gasteiger partial charge in [-0.25, -0.2) is 4.79 Å². The SMILES string of the molecule is CC(=O)O[C@@H]1C[C@]23COC[C@](C)([C@@H]2CC[C@H]2C3=CC[C@@]3(C)[C@H](C(=O)O)[C@@](C)([C@H](C)C(C)C)CC[C@]23C)[C@H]1OC(=O)C(N)CCCCNC(=O)NC1CCCC1. The molecule has 5 N–H and O–H groups in total. The van der Waals surface area contributed by atoms with Gasteiger partial charge in [-0.05, 0) is 111 Å². The summed E-state index contributed by atoms with van der Waals surface area (Å²) < 4.78 is 19.0. The molecule has 55 heavy (non-hydrogen) atoms. The molecule has 1 heterocycles. The zero-order valence-corrected chi connectivity index (χ0v) is 35.0. The number of ether oxygens (including phenoxy) is 3. The molecule has 0 aromatic rings. The second-order valence-corrected chi connectivity index (χ2v) is 20.0. The van der Waals surface area contributed by atoms with Crippen molar-refractivity contribution in [2.24, 2.45) is 62.4 Å². The summed E-state index contributed by atoms with van der Waals surface area (Å²) in [7, 11) is 0. The first-order valence-electron chi connectivity index (χ1n) is 21.5. The number of hydrogen-bond donors (Lipinski definition) is 4. The second-order valence-electron chi connectivity index (χ2n) is 20.0. The molecule has 0 radical (unpaired) electrons. The van der Waals surface area contributed by atoms with Crippen molar-refractivity contribution in [2.45, 2.75) is 163 Å². The van der Waals surface area contributed by atoms with Crippen LogP contribution >= 0.6 is 0 Å². The number of amides is 2. The zero-order chi connectivity index (χ0) is 40.1. The van der Waals surface area contributed by atoms with Crippen LogP contribution in [0.25, 0.3) is 0 Å². The Kier molecular flexibility index (Phi) is 11.9. The molecule has 6 rings (SSSR count). The van der Waals surface area contributed by atoms with Gasteiger partial charge in [0.25, 0.3) is 0 Å². The van der Waals surface area contributed by atoms with Crippen molar-refractivity contribution in [3.8, 4) is 0 Å². The highest BCUT2D eigenvalue weighted by Gasteiger charge is 2.72. The Morgan fingerprint density at radius 2 is 1.67 bits per heavy atom. The van der Waals surface area contributed by atoms with E-state index in [1.807, 2.05) is 0 Å². The van der Waals surface area contributed by atoms with Gasteiger partial charge in [-0.1, -0.05) is 73.0 Å². The van der Waals surface area contributed by atoms with E-state index in [4.69, 9.17) is 19.9 Å². The number of aliphatic carboxylic acids is 1. The third-order valence-corrected chi connectivity index (χ3v) is 16.9. The minimum atomic E-state index is -0.850. The lowest BCUT2D eigenvalue weighted by molar-refractivity contribution is -0.263. The molecule has 6 aliphatic rings. The first-order chi connectivity index (χ1) is 25.8. The Labute approximate surface area is 329 Å². The Morgan fingerprint density at radius 3 is 2.33 bits per heavy atom. The van der Waals surface area contributed by atoms with Crippen molar-refractivity contribution in [3.63, 3.8) is 0 Å². The number of nitrogens with two attached hydrogens (primary N) is 1. The normalized spacial score (nSPS) is 40.8. The topological polar surface area (TPSA) is 166 Å². The van der Waals surface area contributed by atoms with E-state index in [2.05, 4.69) is 65.2 Å². The number of esters is 2. The number of carbonyl (C=O) groups is 4. The molecule has 0 aromatic carbocycles. The number of urea groups is 1.